The molecule has 1 aliphatic rings. The van der Waals surface area contributed by atoms with Crippen molar-refractivity contribution in [2.45, 2.75) is 32.6 Å². The summed E-state index contributed by atoms with van der Waals surface area (Å²) in [5.41, 5.74) is 5.86. The van der Waals surface area contributed by atoms with Crippen LogP contribution in [0.4, 0.5) is 5.00 Å². The first-order valence-corrected chi connectivity index (χ1v) is 6.59. The summed E-state index contributed by atoms with van der Waals surface area (Å²) < 4.78 is 0. The molecule has 4 N–H and O–H groups in total. The van der Waals surface area contributed by atoms with Gasteiger partial charge in [-0.05, 0) is 31.2 Å². The second-order valence-corrected chi connectivity index (χ2v) is 5.80. The maximum atomic E-state index is 11.4. The minimum absolute atomic E-state index is 0.171. The van der Waals surface area contributed by atoms with Crippen LogP contribution >= 0.6 is 11.3 Å². The zero-order chi connectivity index (χ0) is 13.5. The average molecular weight is 269 g/mol. The molecule has 1 atom stereocenters. The van der Waals surface area contributed by atoms with Gasteiger partial charge in [-0.3, -0.25) is 4.79 Å². The van der Waals surface area contributed by atoms with Crippen molar-refractivity contribution in [3.63, 3.8) is 0 Å². The Morgan fingerprint density at radius 3 is 2.61 bits per heavy atom. The topological polar surface area (TPSA) is 101 Å². The highest BCUT2D eigenvalue weighted by Crippen LogP contribution is 2.44. The number of aromatic carboxylic acids is 1. The Morgan fingerprint density at radius 1 is 1.44 bits per heavy atom. The predicted octanol–water partition coefficient (Wildman–Crippen LogP) is 2.00. The van der Waals surface area contributed by atoms with Crippen LogP contribution in [-0.2, 0) is 17.6 Å². The molecule has 6 heteroatoms. The van der Waals surface area contributed by atoms with Crippen molar-refractivity contribution in [1.82, 2.24) is 0 Å². The number of thiophene rings is 1. The molecule has 0 aromatic carbocycles. The zero-order valence-electron chi connectivity index (χ0n) is 10.0. The first kappa shape index (κ1) is 12.9. The third kappa shape index (κ3) is 1.77. The second-order valence-electron chi connectivity index (χ2n) is 4.66. The van der Waals surface area contributed by atoms with Gasteiger partial charge in [-0.25, -0.2) is 4.79 Å². The van der Waals surface area contributed by atoms with Crippen molar-refractivity contribution in [3.05, 3.63) is 16.0 Å². The monoisotopic (exact) mass is 269 g/mol. The summed E-state index contributed by atoms with van der Waals surface area (Å²) in [4.78, 5) is 23.3. The van der Waals surface area contributed by atoms with Gasteiger partial charge in [0.1, 0.15) is 5.00 Å². The highest BCUT2D eigenvalue weighted by molar-refractivity contribution is 7.16. The number of aliphatic carboxylic acids is 1. The third-order valence-corrected chi connectivity index (χ3v) is 4.88. The number of carbonyl (C=O) groups is 2. The van der Waals surface area contributed by atoms with E-state index < -0.39 is 17.4 Å². The van der Waals surface area contributed by atoms with Crippen molar-refractivity contribution in [2.24, 2.45) is 5.41 Å². The molecule has 0 fully saturated rings. The molecule has 1 aromatic heterocycles. The highest BCUT2D eigenvalue weighted by atomic mass is 32.1. The van der Waals surface area contributed by atoms with Crippen molar-refractivity contribution in [3.8, 4) is 0 Å². The van der Waals surface area contributed by atoms with E-state index in [2.05, 4.69) is 0 Å². The average Bonchev–Trinajstić information content (AvgIpc) is 2.62. The smallest absolute Gasteiger partial charge is 0.338 e. The van der Waals surface area contributed by atoms with Gasteiger partial charge in [-0.15, -0.1) is 11.3 Å². The number of carboxylic acid groups (broad SMARTS) is 2. The molecule has 18 heavy (non-hydrogen) atoms. The van der Waals surface area contributed by atoms with Crippen LogP contribution in [0.3, 0.4) is 0 Å². The lowest BCUT2D eigenvalue weighted by molar-refractivity contribution is -0.149. The molecule has 0 saturated carbocycles. The van der Waals surface area contributed by atoms with E-state index in [0.29, 0.717) is 25.7 Å². The number of rotatable bonds is 3. The minimum Gasteiger partial charge on any atom is -0.481 e. The molecule has 1 aliphatic carbocycles. The third-order valence-electron chi connectivity index (χ3n) is 3.81. The van der Waals surface area contributed by atoms with Gasteiger partial charge < -0.3 is 15.9 Å². The molecule has 0 unspecified atom stereocenters. The molecule has 1 heterocycles. The van der Waals surface area contributed by atoms with Crippen molar-refractivity contribution >= 4 is 28.3 Å². The van der Waals surface area contributed by atoms with Crippen LogP contribution in [-0.4, -0.2) is 22.2 Å². The summed E-state index contributed by atoms with van der Waals surface area (Å²) >= 11 is 1.21. The lowest BCUT2D eigenvalue weighted by Crippen LogP contribution is -2.36. The van der Waals surface area contributed by atoms with Crippen LogP contribution in [0.15, 0.2) is 0 Å². The summed E-state index contributed by atoms with van der Waals surface area (Å²) in [5, 5.41) is 18.8. The Balaban J connectivity index is 2.46. The molecule has 1 aromatic rings. The van der Waals surface area contributed by atoms with Gasteiger partial charge in [0.25, 0.3) is 0 Å². The molecule has 5 nitrogen and oxygen atoms in total. The number of nitrogen functional groups attached to an aromatic ring is 1. The Bertz CT molecular complexity index is 522. The highest BCUT2D eigenvalue weighted by Gasteiger charge is 2.42. The van der Waals surface area contributed by atoms with Crippen LogP contribution in [0.25, 0.3) is 0 Å². The van der Waals surface area contributed by atoms with Gasteiger partial charge in [-0.1, -0.05) is 6.92 Å². The van der Waals surface area contributed by atoms with Crippen LogP contribution in [0.2, 0.25) is 0 Å². The molecule has 2 rings (SSSR count). The molecular weight excluding hydrogens is 254 g/mol. The fourth-order valence-corrected chi connectivity index (χ4v) is 3.82. The quantitative estimate of drug-likeness (QED) is 0.779. The lowest BCUT2D eigenvalue weighted by Gasteiger charge is -2.32. The number of carboxylic acids is 2. The first-order chi connectivity index (χ1) is 8.41. The molecule has 0 saturated heterocycles. The maximum Gasteiger partial charge on any atom is 0.338 e. The molecule has 0 amide bonds. The van der Waals surface area contributed by atoms with Crippen molar-refractivity contribution in [1.29, 1.82) is 0 Å². The van der Waals surface area contributed by atoms with E-state index >= 15 is 0 Å². The van der Waals surface area contributed by atoms with Gasteiger partial charge in [0.15, 0.2) is 0 Å². The van der Waals surface area contributed by atoms with E-state index in [-0.39, 0.29) is 10.6 Å². The summed E-state index contributed by atoms with van der Waals surface area (Å²) in [6, 6.07) is 0. The number of nitrogens with two attached hydrogens (primary N) is 1. The molecule has 0 aliphatic heterocycles. The summed E-state index contributed by atoms with van der Waals surface area (Å²) in [6.07, 6.45) is 1.88. The van der Waals surface area contributed by atoms with E-state index in [4.69, 9.17) is 10.8 Å². The Morgan fingerprint density at radius 2 is 2.11 bits per heavy atom. The van der Waals surface area contributed by atoms with Crippen LogP contribution < -0.4 is 5.73 Å². The SMILES string of the molecule is CC[C@]1(C(=O)O)CCc2c(sc(N)c2C(=O)O)C1. The number of hydrogen-bond donors (Lipinski definition) is 3. The Kier molecular flexibility index (Phi) is 3.06. The lowest BCUT2D eigenvalue weighted by atomic mass is 9.72. The Hall–Kier alpha value is -1.56. The fourth-order valence-electron chi connectivity index (χ4n) is 2.57. The molecule has 0 spiro atoms. The van der Waals surface area contributed by atoms with Gasteiger partial charge in [0.05, 0.1) is 11.0 Å². The van der Waals surface area contributed by atoms with Crippen molar-refractivity contribution in [2.75, 3.05) is 5.73 Å². The van der Waals surface area contributed by atoms with Crippen LogP contribution in [0.5, 0.6) is 0 Å². The minimum atomic E-state index is -1.02. The number of fused-ring (bicyclic) bond motifs is 1. The molecule has 98 valence electrons. The first-order valence-electron chi connectivity index (χ1n) is 5.78. The fraction of sp³-hybridized carbons (Fsp3) is 0.500. The molecular formula is C12H15NO4S. The summed E-state index contributed by atoms with van der Waals surface area (Å²) in [5.74, 6) is -1.83. The van der Waals surface area contributed by atoms with Crippen molar-refractivity contribution < 1.29 is 19.8 Å². The second kappa shape index (κ2) is 4.28. The van der Waals surface area contributed by atoms with E-state index in [1.807, 2.05) is 6.92 Å². The maximum absolute atomic E-state index is 11.4. The van der Waals surface area contributed by atoms with Gasteiger partial charge in [0.2, 0.25) is 0 Å². The van der Waals surface area contributed by atoms with E-state index in [1.165, 1.54) is 11.3 Å². The molecule has 0 radical (unpaired) electrons. The Labute approximate surface area is 108 Å². The van der Waals surface area contributed by atoms with E-state index in [0.717, 1.165) is 10.4 Å². The van der Waals surface area contributed by atoms with Crippen LogP contribution in [0.1, 0.15) is 40.6 Å². The largest absolute Gasteiger partial charge is 0.481 e. The zero-order valence-corrected chi connectivity index (χ0v) is 10.8. The molecule has 0 bridgehead atoms. The van der Waals surface area contributed by atoms with E-state index in [9.17, 15) is 14.7 Å². The normalized spacial score (nSPS) is 22.5. The van der Waals surface area contributed by atoms with Gasteiger partial charge >= 0.3 is 11.9 Å². The summed E-state index contributed by atoms with van der Waals surface area (Å²) in [6.45, 7) is 1.86. The number of hydrogen-bond acceptors (Lipinski definition) is 4. The summed E-state index contributed by atoms with van der Waals surface area (Å²) in [7, 11) is 0. The van der Waals surface area contributed by atoms with Gasteiger partial charge in [0, 0.05) is 4.88 Å². The van der Waals surface area contributed by atoms with E-state index in [1.54, 1.807) is 0 Å². The predicted molar refractivity (Wildman–Crippen MR) is 68.1 cm³/mol. The standard InChI is InChI=1S/C12H15NO4S/c1-2-12(11(16)17)4-3-6-7(5-12)18-9(13)8(6)10(14)15/h2-5,13H2,1H3,(H,14,15)(H,16,17)/t12-/m0/s1. The number of anilines is 1. The van der Waals surface area contributed by atoms with Crippen LogP contribution in [0, 0.1) is 5.41 Å². The van der Waals surface area contributed by atoms with Gasteiger partial charge in [-0.2, -0.15) is 0 Å².